The third-order valence-corrected chi connectivity index (χ3v) is 7.52. The van der Waals surface area contributed by atoms with Gasteiger partial charge in [0.1, 0.15) is 0 Å². The van der Waals surface area contributed by atoms with Crippen molar-refractivity contribution < 1.29 is 8.42 Å². The Morgan fingerprint density at radius 1 is 1.35 bits per heavy atom. The first-order chi connectivity index (χ1) is 9.42. The summed E-state index contributed by atoms with van der Waals surface area (Å²) in [5.74, 6) is 1.09. The zero-order valence-corrected chi connectivity index (χ0v) is 15.9. The van der Waals surface area contributed by atoms with Crippen molar-refractivity contribution in [3.63, 3.8) is 0 Å². The average molecular weight is 443 g/mol. The molecule has 0 bridgehead atoms. The van der Waals surface area contributed by atoms with Crippen LogP contribution in [0.4, 0.5) is 0 Å². The van der Waals surface area contributed by atoms with Crippen molar-refractivity contribution in [1.82, 2.24) is 4.72 Å². The third kappa shape index (κ3) is 4.22. The summed E-state index contributed by atoms with van der Waals surface area (Å²) in [7, 11) is -3.46. The fourth-order valence-corrected chi connectivity index (χ4v) is 6.58. The van der Waals surface area contributed by atoms with E-state index in [2.05, 4.69) is 43.5 Å². The molecule has 0 amide bonds. The quantitative estimate of drug-likeness (QED) is 0.744. The molecule has 0 spiro atoms. The molecule has 1 aromatic carbocycles. The molecule has 1 aromatic rings. The summed E-state index contributed by atoms with van der Waals surface area (Å²) in [6.07, 6.45) is 2.93. The Kier molecular flexibility index (Phi) is 5.99. The molecule has 1 fully saturated rings. The molecule has 2 atom stereocenters. The van der Waals surface area contributed by atoms with E-state index in [4.69, 9.17) is 0 Å². The zero-order valence-electron chi connectivity index (χ0n) is 11.1. The van der Waals surface area contributed by atoms with Gasteiger partial charge in [-0.25, -0.2) is 13.1 Å². The van der Waals surface area contributed by atoms with Crippen molar-refractivity contribution in [2.24, 2.45) is 0 Å². The molecule has 0 radical (unpaired) electrons. The molecule has 0 aliphatic heterocycles. The number of hydrogen-bond donors (Lipinski definition) is 1. The standard InChI is InChI=1S/C13H17Br2NO2S2/c1-2-19-11-5-4-10(8-11)16-20(17,18)13-6-3-9(14)7-12(13)15/h3,6-7,10-11,16H,2,4-5,8H2,1H3. The van der Waals surface area contributed by atoms with E-state index < -0.39 is 10.0 Å². The second-order valence-corrected chi connectivity index (χ2v) is 9.81. The van der Waals surface area contributed by atoms with E-state index in [-0.39, 0.29) is 6.04 Å². The lowest BCUT2D eigenvalue weighted by Crippen LogP contribution is -2.33. The van der Waals surface area contributed by atoms with Crippen LogP contribution in [-0.4, -0.2) is 25.5 Å². The van der Waals surface area contributed by atoms with E-state index >= 15 is 0 Å². The van der Waals surface area contributed by atoms with Crippen molar-refractivity contribution in [3.8, 4) is 0 Å². The lowest BCUT2D eigenvalue weighted by Gasteiger charge is -2.14. The van der Waals surface area contributed by atoms with Gasteiger partial charge >= 0.3 is 0 Å². The molecule has 0 heterocycles. The van der Waals surface area contributed by atoms with Gasteiger partial charge in [-0.05, 0) is 59.1 Å². The highest BCUT2D eigenvalue weighted by molar-refractivity contribution is 9.11. The molecule has 1 aliphatic rings. The fraction of sp³-hybridized carbons (Fsp3) is 0.538. The molecule has 2 unspecified atom stereocenters. The molecule has 0 saturated heterocycles. The first-order valence-corrected chi connectivity index (χ1v) is 10.6. The van der Waals surface area contributed by atoms with Gasteiger partial charge in [0.25, 0.3) is 0 Å². The number of halogens is 2. The number of benzene rings is 1. The van der Waals surface area contributed by atoms with Crippen molar-refractivity contribution in [3.05, 3.63) is 27.1 Å². The number of thioether (sulfide) groups is 1. The van der Waals surface area contributed by atoms with Gasteiger partial charge in [-0.15, -0.1) is 0 Å². The Morgan fingerprint density at radius 3 is 2.75 bits per heavy atom. The minimum Gasteiger partial charge on any atom is -0.208 e. The number of nitrogens with one attached hydrogen (secondary N) is 1. The van der Waals surface area contributed by atoms with Crippen LogP contribution in [0.1, 0.15) is 26.2 Å². The minimum absolute atomic E-state index is 0.0552. The Labute approximate surface area is 141 Å². The van der Waals surface area contributed by atoms with Crippen LogP contribution < -0.4 is 4.72 Å². The van der Waals surface area contributed by atoms with Crippen molar-refractivity contribution in [1.29, 1.82) is 0 Å². The Hall–Kier alpha value is 0.440. The van der Waals surface area contributed by atoms with Gasteiger partial charge in [-0.3, -0.25) is 0 Å². The zero-order chi connectivity index (χ0) is 14.8. The maximum Gasteiger partial charge on any atom is 0.241 e. The van der Waals surface area contributed by atoms with Crippen molar-refractivity contribution >= 4 is 53.6 Å². The number of rotatable bonds is 5. The summed E-state index contributed by atoms with van der Waals surface area (Å²) in [5.41, 5.74) is 0. The third-order valence-electron chi connectivity index (χ3n) is 3.29. The second kappa shape index (κ2) is 7.13. The van der Waals surface area contributed by atoms with Crippen LogP contribution in [-0.2, 0) is 10.0 Å². The second-order valence-electron chi connectivity index (χ2n) is 4.78. The van der Waals surface area contributed by atoms with Crippen LogP contribution in [0.5, 0.6) is 0 Å². The monoisotopic (exact) mass is 441 g/mol. The topological polar surface area (TPSA) is 46.2 Å². The highest BCUT2D eigenvalue weighted by Gasteiger charge is 2.29. The molecule has 1 saturated carbocycles. The largest absolute Gasteiger partial charge is 0.241 e. The molecular weight excluding hydrogens is 426 g/mol. The van der Waals surface area contributed by atoms with E-state index in [9.17, 15) is 8.42 Å². The van der Waals surface area contributed by atoms with Crippen LogP contribution in [0.3, 0.4) is 0 Å². The summed E-state index contributed by atoms with van der Waals surface area (Å²) in [4.78, 5) is 0.298. The number of hydrogen-bond acceptors (Lipinski definition) is 3. The molecule has 0 aromatic heterocycles. The Morgan fingerprint density at radius 2 is 2.10 bits per heavy atom. The average Bonchev–Trinajstić information content (AvgIpc) is 2.75. The van der Waals surface area contributed by atoms with E-state index in [1.807, 2.05) is 11.8 Å². The van der Waals surface area contributed by atoms with Crippen LogP contribution in [0, 0.1) is 0 Å². The van der Waals surface area contributed by atoms with E-state index in [1.165, 1.54) is 0 Å². The van der Waals surface area contributed by atoms with Crippen LogP contribution in [0.15, 0.2) is 32.0 Å². The highest BCUT2D eigenvalue weighted by Crippen LogP contribution is 2.31. The fourth-order valence-electron chi connectivity index (χ4n) is 2.41. The molecule has 1 aliphatic carbocycles. The van der Waals surface area contributed by atoms with E-state index in [0.717, 1.165) is 29.5 Å². The summed E-state index contributed by atoms with van der Waals surface area (Å²) < 4.78 is 29.1. The molecular formula is C13H17Br2NO2S2. The van der Waals surface area contributed by atoms with Crippen LogP contribution in [0.2, 0.25) is 0 Å². The van der Waals surface area contributed by atoms with E-state index in [1.54, 1.807) is 18.2 Å². The molecule has 1 N–H and O–H groups in total. The first kappa shape index (κ1) is 16.8. The smallest absolute Gasteiger partial charge is 0.208 e. The van der Waals surface area contributed by atoms with Crippen LogP contribution in [0.25, 0.3) is 0 Å². The molecule has 20 heavy (non-hydrogen) atoms. The predicted octanol–water partition coefficient (Wildman–Crippen LogP) is 4.16. The first-order valence-electron chi connectivity index (χ1n) is 6.51. The van der Waals surface area contributed by atoms with Crippen molar-refractivity contribution in [2.75, 3.05) is 5.75 Å². The Bertz CT molecular complexity index is 578. The molecule has 7 heteroatoms. The van der Waals surface area contributed by atoms with Gasteiger partial charge in [-0.1, -0.05) is 22.9 Å². The van der Waals surface area contributed by atoms with Gasteiger partial charge in [0.05, 0.1) is 4.90 Å². The molecule has 2 rings (SSSR count). The highest BCUT2D eigenvalue weighted by atomic mass is 79.9. The SMILES string of the molecule is CCSC1CCC(NS(=O)(=O)c2ccc(Br)cc2Br)C1. The Balaban J connectivity index is 2.08. The summed E-state index contributed by atoms with van der Waals surface area (Å²) in [5, 5.41) is 0.584. The van der Waals surface area contributed by atoms with Gasteiger partial charge in [0, 0.05) is 20.2 Å². The molecule has 112 valence electrons. The lowest BCUT2D eigenvalue weighted by atomic mass is 10.3. The summed E-state index contributed by atoms with van der Waals surface area (Å²) in [6, 6.07) is 5.16. The normalized spacial score (nSPS) is 23.1. The van der Waals surface area contributed by atoms with Crippen molar-refractivity contribution in [2.45, 2.75) is 42.4 Å². The van der Waals surface area contributed by atoms with Crippen LogP contribution >= 0.6 is 43.6 Å². The maximum atomic E-state index is 12.4. The van der Waals surface area contributed by atoms with Gasteiger partial charge < -0.3 is 0 Å². The van der Waals surface area contributed by atoms with Gasteiger partial charge in [0.15, 0.2) is 0 Å². The predicted molar refractivity (Wildman–Crippen MR) is 91.7 cm³/mol. The summed E-state index contributed by atoms with van der Waals surface area (Å²) >= 11 is 8.56. The summed E-state index contributed by atoms with van der Waals surface area (Å²) in [6.45, 7) is 2.14. The maximum absolute atomic E-state index is 12.4. The number of sulfonamides is 1. The molecule has 3 nitrogen and oxygen atoms in total. The lowest BCUT2D eigenvalue weighted by molar-refractivity contribution is 0.552. The van der Waals surface area contributed by atoms with Gasteiger partial charge in [0.2, 0.25) is 10.0 Å². The van der Waals surface area contributed by atoms with Gasteiger partial charge in [-0.2, -0.15) is 11.8 Å². The minimum atomic E-state index is -3.46. The van der Waals surface area contributed by atoms with E-state index in [0.29, 0.717) is 14.6 Å².